The minimum atomic E-state index is 0.0199. The van der Waals surface area contributed by atoms with Crippen LogP contribution in [0.15, 0.2) is 49.1 Å². The van der Waals surface area contributed by atoms with Crippen LogP contribution in [0.5, 0.6) is 5.75 Å². The number of nitrogens with zero attached hydrogens (tertiary/aromatic N) is 3. The average molecular weight is 374 g/mol. The van der Waals surface area contributed by atoms with Gasteiger partial charge < -0.3 is 15.0 Å². The molecule has 2 N–H and O–H groups in total. The van der Waals surface area contributed by atoms with E-state index in [1.807, 2.05) is 23.1 Å². The van der Waals surface area contributed by atoms with Gasteiger partial charge >= 0.3 is 0 Å². The first kappa shape index (κ1) is 17.0. The number of nitrogens with one attached hydrogen (secondary N) is 1. The molecule has 3 heterocycles. The number of carbonyl (C=O) groups excluding carboxylic acids is 1. The lowest BCUT2D eigenvalue weighted by Gasteiger charge is -2.22. The number of carbonyl (C=O) groups is 1. The van der Waals surface area contributed by atoms with Crippen LogP contribution in [0.2, 0.25) is 0 Å². The maximum atomic E-state index is 12.3. The largest absolute Gasteiger partial charge is 0.507 e. The highest BCUT2D eigenvalue weighted by molar-refractivity contribution is 5.87. The van der Waals surface area contributed by atoms with E-state index >= 15 is 0 Å². The third-order valence-corrected chi connectivity index (χ3v) is 6.10. The highest BCUT2D eigenvalue weighted by Crippen LogP contribution is 2.55. The fourth-order valence-electron chi connectivity index (χ4n) is 4.44. The first-order chi connectivity index (χ1) is 13.6. The molecular weight excluding hydrogens is 352 g/mol. The van der Waals surface area contributed by atoms with Crippen LogP contribution in [-0.4, -0.2) is 43.7 Å². The molecule has 1 aliphatic heterocycles. The topological polar surface area (TPSA) is 82.1 Å². The van der Waals surface area contributed by atoms with E-state index in [0.717, 1.165) is 36.1 Å². The maximum absolute atomic E-state index is 12.3. The first-order valence-corrected chi connectivity index (χ1v) is 9.64. The van der Waals surface area contributed by atoms with Crippen molar-refractivity contribution in [3.63, 3.8) is 0 Å². The lowest BCUT2D eigenvalue weighted by atomic mass is 10.0. The van der Waals surface area contributed by atoms with Gasteiger partial charge in [0.15, 0.2) is 5.65 Å². The molecule has 6 nitrogen and oxygen atoms in total. The van der Waals surface area contributed by atoms with Gasteiger partial charge in [0, 0.05) is 35.7 Å². The normalized spacial score (nSPS) is 20.0. The Hall–Kier alpha value is -3.15. The van der Waals surface area contributed by atoms with Gasteiger partial charge in [-0.05, 0) is 55.0 Å². The SMILES string of the molecule is C=CC(=O)N1CC2(CC2)C[C@H]1Cc1cc2cc(-c3ccccc3O)nnc2[nH]1. The van der Waals surface area contributed by atoms with Gasteiger partial charge in [0.05, 0.1) is 5.69 Å². The summed E-state index contributed by atoms with van der Waals surface area (Å²) in [7, 11) is 0. The van der Waals surface area contributed by atoms with Crippen LogP contribution in [0.25, 0.3) is 22.3 Å². The van der Waals surface area contributed by atoms with Crippen molar-refractivity contribution in [2.45, 2.75) is 31.7 Å². The summed E-state index contributed by atoms with van der Waals surface area (Å²) in [6.07, 6.45) is 5.67. The number of phenols is 1. The molecular formula is C22H22N4O2. The van der Waals surface area contributed by atoms with Crippen LogP contribution in [-0.2, 0) is 11.2 Å². The van der Waals surface area contributed by atoms with Crippen molar-refractivity contribution in [3.05, 3.63) is 54.7 Å². The molecule has 1 atom stereocenters. The minimum Gasteiger partial charge on any atom is -0.507 e. The molecule has 142 valence electrons. The zero-order chi connectivity index (χ0) is 19.3. The van der Waals surface area contributed by atoms with Crippen LogP contribution in [0, 0.1) is 5.41 Å². The fourth-order valence-corrected chi connectivity index (χ4v) is 4.44. The number of amides is 1. The first-order valence-electron chi connectivity index (χ1n) is 9.64. The van der Waals surface area contributed by atoms with E-state index < -0.39 is 0 Å². The minimum absolute atomic E-state index is 0.0199. The molecule has 1 spiro atoms. The third-order valence-electron chi connectivity index (χ3n) is 6.10. The second-order valence-corrected chi connectivity index (χ2v) is 8.08. The Morgan fingerprint density at radius 1 is 1.32 bits per heavy atom. The van der Waals surface area contributed by atoms with E-state index in [1.165, 1.54) is 18.9 Å². The van der Waals surface area contributed by atoms with E-state index in [9.17, 15) is 9.90 Å². The lowest BCUT2D eigenvalue weighted by Crippen LogP contribution is -2.35. The Morgan fingerprint density at radius 3 is 2.89 bits per heavy atom. The van der Waals surface area contributed by atoms with Crippen LogP contribution in [0.4, 0.5) is 0 Å². The zero-order valence-corrected chi connectivity index (χ0v) is 15.6. The van der Waals surface area contributed by atoms with Gasteiger partial charge in [-0.2, -0.15) is 0 Å². The van der Waals surface area contributed by atoms with E-state index in [0.29, 0.717) is 16.7 Å². The number of aromatic nitrogens is 3. The molecule has 2 aliphatic rings. The summed E-state index contributed by atoms with van der Waals surface area (Å²) in [5.74, 6) is 0.206. The van der Waals surface area contributed by atoms with Crippen molar-refractivity contribution < 1.29 is 9.90 Å². The monoisotopic (exact) mass is 374 g/mol. The van der Waals surface area contributed by atoms with Crippen molar-refractivity contribution in [1.82, 2.24) is 20.1 Å². The number of rotatable bonds is 4. The second kappa shape index (κ2) is 6.19. The van der Waals surface area contributed by atoms with Crippen LogP contribution in [0.3, 0.4) is 0 Å². The van der Waals surface area contributed by atoms with Gasteiger partial charge in [-0.1, -0.05) is 18.7 Å². The van der Waals surface area contributed by atoms with Crippen molar-refractivity contribution >= 4 is 16.9 Å². The van der Waals surface area contributed by atoms with Crippen LogP contribution < -0.4 is 0 Å². The summed E-state index contributed by atoms with van der Waals surface area (Å²) >= 11 is 0. The van der Waals surface area contributed by atoms with Crippen LogP contribution in [0.1, 0.15) is 25.0 Å². The summed E-state index contributed by atoms with van der Waals surface area (Å²) < 4.78 is 0. The predicted octanol–water partition coefficient (Wildman–Crippen LogP) is 3.44. The maximum Gasteiger partial charge on any atom is 0.246 e. The van der Waals surface area contributed by atoms with E-state index in [1.54, 1.807) is 12.1 Å². The summed E-state index contributed by atoms with van der Waals surface area (Å²) in [5, 5.41) is 19.6. The molecule has 0 radical (unpaired) electrons. The highest BCUT2D eigenvalue weighted by Gasteiger charge is 2.52. The Labute approximate surface area is 162 Å². The Bertz CT molecular complexity index is 1080. The van der Waals surface area contributed by atoms with Crippen LogP contribution >= 0.6 is 0 Å². The van der Waals surface area contributed by atoms with E-state index in [2.05, 4.69) is 27.8 Å². The molecule has 2 aromatic heterocycles. The van der Waals surface area contributed by atoms with Gasteiger partial charge in [-0.15, -0.1) is 10.2 Å². The number of benzene rings is 1. The van der Waals surface area contributed by atoms with Crippen molar-refractivity contribution in [2.75, 3.05) is 6.54 Å². The number of aromatic amines is 1. The predicted molar refractivity (Wildman–Crippen MR) is 107 cm³/mol. The smallest absolute Gasteiger partial charge is 0.246 e. The molecule has 0 unspecified atom stereocenters. The Morgan fingerprint density at radius 2 is 2.14 bits per heavy atom. The molecule has 0 bridgehead atoms. The molecule has 5 rings (SSSR count). The average Bonchev–Trinajstić information content (AvgIpc) is 3.18. The number of para-hydroxylation sites is 1. The Kier molecular flexibility index (Phi) is 3.75. The van der Waals surface area contributed by atoms with Crippen molar-refractivity contribution in [3.8, 4) is 17.0 Å². The standard InChI is InChI=1S/C22H22N4O2/c1-2-20(28)26-13-22(7-8-22)12-16(26)11-15-9-14-10-18(24-25-21(14)23-15)17-5-3-4-6-19(17)27/h2-6,9-10,16,27H,1,7-8,11-13H2,(H,23,25)/t16-/m1/s1. The summed E-state index contributed by atoms with van der Waals surface area (Å²) in [6, 6.07) is 11.3. The van der Waals surface area contributed by atoms with Crippen molar-refractivity contribution in [2.24, 2.45) is 5.41 Å². The molecule has 3 aromatic rings. The molecule has 1 saturated heterocycles. The second-order valence-electron chi connectivity index (χ2n) is 8.08. The van der Waals surface area contributed by atoms with Gasteiger partial charge in [-0.3, -0.25) is 4.79 Å². The van der Waals surface area contributed by atoms with Gasteiger partial charge in [0.25, 0.3) is 0 Å². The fraction of sp³-hybridized carbons (Fsp3) is 0.318. The number of aromatic hydroxyl groups is 1. The quantitative estimate of drug-likeness (QED) is 0.686. The Balaban J connectivity index is 1.43. The number of fused-ring (bicyclic) bond motifs is 1. The summed E-state index contributed by atoms with van der Waals surface area (Å²) in [6.45, 7) is 4.50. The molecule has 6 heteroatoms. The molecule has 1 saturated carbocycles. The zero-order valence-electron chi connectivity index (χ0n) is 15.6. The number of hydrogen-bond acceptors (Lipinski definition) is 4. The number of hydrogen-bond donors (Lipinski definition) is 2. The van der Waals surface area contributed by atoms with Gasteiger partial charge in [0.1, 0.15) is 5.75 Å². The number of likely N-dealkylation sites (tertiary alicyclic amines) is 1. The van der Waals surface area contributed by atoms with Gasteiger partial charge in [0.2, 0.25) is 5.91 Å². The molecule has 1 aliphatic carbocycles. The third kappa shape index (κ3) is 2.85. The van der Waals surface area contributed by atoms with E-state index in [4.69, 9.17) is 0 Å². The molecule has 1 aromatic carbocycles. The lowest BCUT2D eigenvalue weighted by molar-refractivity contribution is -0.126. The summed E-state index contributed by atoms with van der Waals surface area (Å²) in [4.78, 5) is 17.6. The van der Waals surface area contributed by atoms with Gasteiger partial charge in [-0.25, -0.2) is 0 Å². The number of phenolic OH excluding ortho intramolecular Hbond substituents is 1. The van der Waals surface area contributed by atoms with E-state index in [-0.39, 0.29) is 17.7 Å². The molecule has 2 fully saturated rings. The van der Waals surface area contributed by atoms with Crippen molar-refractivity contribution in [1.29, 1.82) is 0 Å². The highest BCUT2D eigenvalue weighted by atomic mass is 16.3. The molecule has 28 heavy (non-hydrogen) atoms. The molecule has 1 amide bonds. The number of H-pyrrole nitrogens is 1. The summed E-state index contributed by atoms with van der Waals surface area (Å²) in [5.41, 5.74) is 3.40.